The van der Waals surface area contributed by atoms with E-state index in [1.54, 1.807) is 18.4 Å². The van der Waals surface area contributed by atoms with Crippen molar-refractivity contribution >= 4 is 22.4 Å². The van der Waals surface area contributed by atoms with Crippen molar-refractivity contribution < 1.29 is 19.7 Å². The van der Waals surface area contributed by atoms with Crippen LogP contribution in [-0.4, -0.2) is 48.0 Å². The van der Waals surface area contributed by atoms with Crippen LogP contribution in [0.5, 0.6) is 5.75 Å². The van der Waals surface area contributed by atoms with Gasteiger partial charge in [-0.1, -0.05) is 26.0 Å². The van der Waals surface area contributed by atoms with E-state index in [1.165, 1.54) is 0 Å². The lowest BCUT2D eigenvalue weighted by molar-refractivity contribution is -0.144. The molecule has 2 aromatic rings. The van der Waals surface area contributed by atoms with E-state index in [-0.39, 0.29) is 29.8 Å². The van der Waals surface area contributed by atoms with Crippen molar-refractivity contribution in [1.82, 2.24) is 10.3 Å². The minimum atomic E-state index is -0.605. The Hall–Kier alpha value is -2.16. The molecule has 4 rings (SSSR count). The van der Waals surface area contributed by atoms with Gasteiger partial charge in [-0.05, 0) is 48.3 Å². The van der Waals surface area contributed by atoms with Crippen molar-refractivity contribution in [2.45, 2.75) is 58.1 Å². The number of methoxy groups -OCH3 is 1. The monoisotopic (exact) mass is 473 g/mol. The Morgan fingerprint density at radius 1 is 1.30 bits per heavy atom. The van der Waals surface area contributed by atoms with E-state index in [9.17, 15) is 15.0 Å². The van der Waals surface area contributed by atoms with Crippen molar-refractivity contribution in [2.75, 3.05) is 26.1 Å². The van der Waals surface area contributed by atoms with Gasteiger partial charge < -0.3 is 25.6 Å². The number of aliphatic hydroxyl groups is 2. The Morgan fingerprint density at radius 3 is 2.67 bits per heavy atom. The first-order valence-corrected chi connectivity index (χ1v) is 12.4. The third-order valence-electron chi connectivity index (χ3n) is 8.15. The van der Waals surface area contributed by atoms with Gasteiger partial charge in [0, 0.05) is 36.2 Å². The van der Waals surface area contributed by atoms with Crippen molar-refractivity contribution in [3.63, 3.8) is 0 Å². The molecule has 0 aliphatic heterocycles. The number of aliphatic hydroxyl groups excluding tert-OH is 2. The number of hydrogen-bond donors (Lipinski definition) is 4. The minimum absolute atomic E-state index is 0.0144. The van der Waals surface area contributed by atoms with Gasteiger partial charge in [0.15, 0.2) is 5.13 Å². The van der Waals surface area contributed by atoms with Crippen molar-refractivity contribution in [3.8, 4) is 5.75 Å². The van der Waals surface area contributed by atoms with Crippen molar-refractivity contribution in [3.05, 3.63) is 40.4 Å². The summed E-state index contributed by atoms with van der Waals surface area (Å²) in [6.07, 6.45) is 1.97. The van der Waals surface area contributed by atoms with E-state index in [0.717, 1.165) is 39.9 Å². The third kappa shape index (κ3) is 4.24. The molecule has 180 valence electrons. The highest BCUT2D eigenvalue weighted by Gasteiger charge is 2.59. The molecule has 8 heteroatoms. The fourth-order valence-electron chi connectivity index (χ4n) is 5.95. The quantitative estimate of drug-likeness (QED) is 0.492. The standard InChI is InChI=1S/C25H35N3O4S/c1-24-10-9-20(30)25(2,14-29)19(24)12-18-22(28-23(26-3)33-18)17(24)11-21(31)27-13-15-5-7-16(32-4)8-6-15/h5-8,17,19-20,29-30H,9-14H2,1-4H3,(H,26,28)(H,27,31). The van der Waals surface area contributed by atoms with Crippen LogP contribution < -0.4 is 15.4 Å². The Balaban J connectivity index is 1.59. The summed E-state index contributed by atoms with van der Waals surface area (Å²) in [5.74, 6) is 0.767. The lowest BCUT2D eigenvalue weighted by Gasteiger charge is -2.58. The Kier molecular flexibility index (Phi) is 6.71. The lowest BCUT2D eigenvalue weighted by Crippen LogP contribution is -2.57. The molecule has 4 N–H and O–H groups in total. The molecule has 1 fully saturated rings. The van der Waals surface area contributed by atoms with E-state index in [4.69, 9.17) is 9.72 Å². The fraction of sp³-hybridized carbons (Fsp3) is 0.600. The van der Waals surface area contributed by atoms with Gasteiger partial charge in [-0.25, -0.2) is 4.98 Å². The number of ether oxygens (including phenoxy) is 1. The Labute approximate surface area is 199 Å². The molecule has 1 saturated carbocycles. The molecule has 1 aromatic heterocycles. The molecule has 0 spiro atoms. The van der Waals surface area contributed by atoms with Crippen LogP contribution in [0.3, 0.4) is 0 Å². The SMILES string of the molecule is CNc1nc2c(s1)CC1C(C)(CO)C(O)CCC1(C)C2CC(=O)NCc1ccc(OC)cc1. The van der Waals surface area contributed by atoms with Crippen LogP contribution in [0.4, 0.5) is 5.13 Å². The van der Waals surface area contributed by atoms with E-state index >= 15 is 0 Å². The molecular formula is C25H35N3O4S. The van der Waals surface area contributed by atoms with Crippen LogP contribution in [0.2, 0.25) is 0 Å². The summed E-state index contributed by atoms with van der Waals surface area (Å²) in [7, 11) is 3.49. The van der Waals surface area contributed by atoms with Gasteiger partial charge in [0.05, 0.1) is 25.5 Å². The predicted molar refractivity (Wildman–Crippen MR) is 130 cm³/mol. The zero-order valence-corrected chi connectivity index (χ0v) is 20.7. The highest BCUT2D eigenvalue weighted by atomic mass is 32.1. The molecule has 5 unspecified atom stereocenters. The summed E-state index contributed by atoms with van der Waals surface area (Å²) < 4.78 is 5.20. The molecule has 0 bridgehead atoms. The van der Waals surface area contributed by atoms with Crippen molar-refractivity contribution in [1.29, 1.82) is 0 Å². The van der Waals surface area contributed by atoms with Crippen LogP contribution in [-0.2, 0) is 17.8 Å². The van der Waals surface area contributed by atoms with Gasteiger partial charge in [-0.15, -0.1) is 11.3 Å². The van der Waals surface area contributed by atoms with Gasteiger partial charge in [-0.3, -0.25) is 4.79 Å². The van der Waals surface area contributed by atoms with Crippen molar-refractivity contribution in [2.24, 2.45) is 16.7 Å². The number of amides is 1. The fourth-order valence-corrected chi connectivity index (χ4v) is 6.98. The zero-order chi connectivity index (χ0) is 23.8. The smallest absolute Gasteiger partial charge is 0.220 e. The van der Waals surface area contributed by atoms with Crippen LogP contribution >= 0.6 is 11.3 Å². The first-order chi connectivity index (χ1) is 15.7. The molecule has 2 aliphatic carbocycles. The number of thiazole rings is 1. The molecule has 1 aromatic carbocycles. The third-order valence-corrected chi connectivity index (χ3v) is 9.26. The number of carbonyl (C=O) groups excluding carboxylic acids is 1. The molecule has 2 aliphatic rings. The number of nitrogens with zero attached hydrogens (tertiary/aromatic N) is 1. The summed E-state index contributed by atoms with van der Waals surface area (Å²) in [4.78, 5) is 19.1. The number of anilines is 1. The maximum Gasteiger partial charge on any atom is 0.220 e. The normalized spacial score (nSPS) is 30.8. The molecular weight excluding hydrogens is 438 g/mol. The molecule has 0 radical (unpaired) electrons. The van der Waals surface area contributed by atoms with Gasteiger partial charge in [-0.2, -0.15) is 0 Å². The van der Waals surface area contributed by atoms with Gasteiger partial charge >= 0.3 is 0 Å². The zero-order valence-electron chi connectivity index (χ0n) is 19.9. The average molecular weight is 474 g/mol. The first kappa shape index (κ1) is 24.0. The highest BCUT2D eigenvalue weighted by molar-refractivity contribution is 7.15. The van der Waals surface area contributed by atoms with Crippen LogP contribution in [0.25, 0.3) is 0 Å². The molecule has 1 heterocycles. The molecule has 33 heavy (non-hydrogen) atoms. The number of rotatable bonds is 7. The highest BCUT2D eigenvalue weighted by Crippen LogP contribution is 2.62. The van der Waals surface area contributed by atoms with E-state index in [1.807, 2.05) is 38.2 Å². The van der Waals surface area contributed by atoms with Crippen LogP contribution in [0, 0.1) is 16.7 Å². The number of benzene rings is 1. The van der Waals surface area contributed by atoms with Gasteiger partial charge in [0.2, 0.25) is 5.91 Å². The number of nitrogens with one attached hydrogen (secondary N) is 2. The Bertz CT molecular complexity index is 994. The topological polar surface area (TPSA) is 104 Å². The summed E-state index contributed by atoms with van der Waals surface area (Å²) in [5, 5.41) is 28.2. The summed E-state index contributed by atoms with van der Waals surface area (Å²) in [6, 6.07) is 7.67. The molecule has 5 atom stereocenters. The van der Waals surface area contributed by atoms with E-state index in [0.29, 0.717) is 19.4 Å². The number of aromatic nitrogens is 1. The maximum atomic E-state index is 13.1. The molecule has 7 nitrogen and oxygen atoms in total. The second kappa shape index (κ2) is 9.24. The van der Waals surface area contributed by atoms with Gasteiger partial charge in [0.1, 0.15) is 5.75 Å². The first-order valence-electron chi connectivity index (χ1n) is 11.6. The second-order valence-corrected chi connectivity index (χ2v) is 11.0. The van der Waals surface area contributed by atoms with Crippen LogP contribution in [0.15, 0.2) is 24.3 Å². The number of hydrogen-bond acceptors (Lipinski definition) is 7. The predicted octanol–water partition coefficient (Wildman–Crippen LogP) is 3.32. The van der Waals surface area contributed by atoms with Crippen LogP contribution in [0.1, 0.15) is 55.2 Å². The maximum absolute atomic E-state index is 13.1. The van der Waals surface area contributed by atoms with E-state index in [2.05, 4.69) is 17.6 Å². The minimum Gasteiger partial charge on any atom is -0.497 e. The van der Waals surface area contributed by atoms with E-state index < -0.39 is 11.5 Å². The number of fused-ring (bicyclic) bond motifs is 2. The summed E-state index contributed by atoms with van der Waals surface area (Å²) in [6.45, 7) is 4.60. The second-order valence-electron chi connectivity index (χ2n) is 9.94. The lowest BCUT2D eigenvalue weighted by atomic mass is 9.47. The Morgan fingerprint density at radius 2 is 2.03 bits per heavy atom. The average Bonchev–Trinajstić information content (AvgIpc) is 3.25. The van der Waals surface area contributed by atoms with Gasteiger partial charge in [0.25, 0.3) is 0 Å². The summed E-state index contributed by atoms with van der Waals surface area (Å²) >= 11 is 1.62. The largest absolute Gasteiger partial charge is 0.497 e. The number of carbonyl (C=O) groups is 1. The summed E-state index contributed by atoms with van der Waals surface area (Å²) in [5.41, 5.74) is 1.17. The molecule has 1 amide bonds. The molecule has 0 saturated heterocycles.